The van der Waals surface area contributed by atoms with Gasteiger partial charge in [-0.05, 0) is 31.7 Å². The fraction of sp³-hybridized carbons (Fsp3) is 1.00. The molecule has 1 aliphatic rings. The summed E-state index contributed by atoms with van der Waals surface area (Å²) in [5.41, 5.74) is 6.09. The van der Waals surface area contributed by atoms with Gasteiger partial charge < -0.3 is 15.9 Å². The van der Waals surface area contributed by atoms with Crippen LogP contribution in [0, 0.1) is 5.92 Å². The summed E-state index contributed by atoms with van der Waals surface area (Å²) in [4.78, 5) is 2.32. The summed E-state index contributed by atoms with van der Waals surface area (Å²) in [6.07, 6.45) is 5.12. The van der Waals surface area contributed by atoms with E-state index in [1.165, 1.54) is 12.8 Å². The Labute approximate surface area is 111 Å². The smallest absolute Gasteiger partial charge is 0.0897 e. The van der Waals surface area contributed by atoms with Crippen LogP contribution in [-0.4, -0.2) is 53.0 Å². The largest absolute Gasteiger partial charge is 0.394 e. The minimum atomic E-state index is -0.655. The standard InChI is InChI=1S/C14H30N2O2/c1-3-7-16(9-13(18)10-17)14(11-15)6-4-5-12(2)8-14/h12-13,17-18H,3-11,15H2,1-2H3. The normalized spacial score (nSPS) is 30.7. The van der Waals surface area contributed by atoms with Gasteiger partial charge in [0.15, 0.2) is 0 Å². The van der Waals surface area contributed by atoms with Crippen molar-refractivity contribution in [3.63, 3.8) is 0 Å². The molecule has 0 spiro atoms. The lowest BCUT2D eigenvalue weighted by molar-refractivity contribution is -0.0122. The molecule has 4 nitrogen and oxygen atoms in total. The Morgan fingerprint density at radius 2 is 2.22 bits per heavy atom. The Balaban J connectivity index is 2.77. The summed E-state index contributed by atoms with van der Waals surface area (Å²) < 4.78 is 0. The van der Waals surface area contributed by atoms with E-state index in [0.29, 0.717) is 19.0 Å². The SMILES string of the molecule is CCCN(CC(O)CO)C1(CN)CCCC(C)C1. The maximum absolute atomic E-state index is 9.73. The molecule has 1 rings (SSSR count). The first-order chi connectivity index (χ1) is 8.57. The molecule has 4 heteroatoms. The van der Waals surface area contributed by atoms with E-state index in [1.807, 2.05) is 0 Å². The molecule has 0 aromatic heterocycles. The van der Waals surface area contributed by atoms with Crippen molar-refractivity contribution >= 4 is 0 Å². The number of nitrogens with zero attached hydrogens (tertiary/aromatic N) is 1. The molecule has 0 aromatic rings. The highest BCUT2D eigenvalue weighted by atomic mass is 16.3. The summed E-state index contributed by atoms with van der Waals surface area (Å²) in [5.74, 6) is 0.702. The highest BCUT2D eigenvalue weighted by Gasteiger charge is 2.39. The Hall–Kier alpha value is -0.160. The predicted octanol–water partition coefficient (Wildman–Crippen LogP) is 0.959. The number of hydrogen-bond acceptors (Lipinski definition) is 4. The van der Waals surface area contributed by atoms with E-state index in [0.717, 1.165) is 25.8 Å². The van der Waals surface area contributed by atoms with E-state index >= 15 is 0 Å². The van der Waals surface area contributed by atoms with E-state index in [4.69, 9.17) is 10.8 Å². The maximum Gasteiger partial charge on any atom is 0.0897 e. The molecule has 0 bridgehead atoms. The summed E-state index contributed by atoms with van der Waals surface area (Å²) in [5, 5.41) is 18.8. The van der Waals surface area contributed by atoms with Gasteiger partial charge in [-0.1, -0.05) is 26.7 Å². The van der Waals surface area contributed by atoms with Gasteiger partial charge in [0.1, 0.15) is 0 Å². The Kier molecular flexibility index (Phi) is 6.57. The average Bonchev–Trinajstić information content (AvgIpc) is 2.37. The number of hydrogen-bond donors (Lipinski definition) is 3. The molecule has 1 aliphatic carbocycles. The van der Waals surface area contributed by atoms with Crippen LogP contribution in [0.25, 0.3) is 0 Å². The molecule has 0 saturated heterocycles. The number of nitrogens with two attached hydrogens (primary N) is 1. The highest BCUT2D eigenvalue weighted by molar-refractivity contribution is 4.96. The lowest BCUT2D eigenvalue weighted by Gasteiger charge is -2.48. The highest BCUT2D eigenvalue weighted by Crippen LogP contribution is 2.36. The Morgan fingerprint density at radius 3 is 2.72 bits per heavy atom. The van der Waals surface area contributed by atoms with Gasteiger partial charge in [-0.2, -0.15) is 0 Å². The molecular weight excluding hydrogens is 228 g/mol. The fourth-order valence-electron chi connectivity index (χ4n) is 3.34. The fourth-order valence-corrected chi connectivity index (χ4v) is 3.34. The van der Waals surface area contributed by atoms with Gasteiger partial charge in [0.05, 0.1) is 12.7 Å². The molecule has 1 fully saturated rings. The molecule has 0 heterocycles. The van der Waals surface area contributed by atoms with Gasteiger partial charge in [-0.3, -0.25) is 4.90 Å². The first-order valence-electron chi connectivity index (χ1n) is 7.32. The quantitative estimate of drug-likeness (QED) is 0.636. The number of aliphatic hydroxyl groups is 2. The first-order valence-corrected chi connectivity index (χ1v) is 7.32. The van der Waals surface area contributed by atoms with Crippen LogP contribution < -0.4 is 5.73 Å². The minimum absolute atomic E-state index is 0.0316. The average molecular weight is 258 g/mol. The summed E-state index contributed by atoms with van der Waals surface area (Å²) in [7, 11) is 0. The van der Waals surface area contributed by atoms with Crippen LogP contribution in [0.15, 0.2) is 0 Å². The molecule has 0 aromatic carbocycles. The van der Waals surface area contributed by atoms with E-state index in [2.05, 4.69) is 18.7 Å². The van der Waals surface area contributed by atoms with Crippen molar-refractivity contribution in [1.29, 1.82) is 0 Å². The van der Waals surface area contributed by atoms with Gasteiger partial charge in [0.25, 0.3) is 0 Å². The van der Waals surface area contributed by atoms with E-state index < -0.39 is 6.10 Å². The van der Waals surface area contributed by atoms with Crippen LogP contribution in [-0.2, 0) is 0 Å². The zero-order valence-electron chi connectivity index (χ0n) is 11.9. The van der Waals surface area contributed by atoms with Crippen molar-refractivity contribution in [1.82, 2.24) is 4.90 Å². The summed E-state index contributed by atoms with van der Waals surface area (Å²) in [6, 6.07) is 0. The summed E-state index contributed by atoms with van der Waals surface area (Å²) >= 11 is 0. The Morgan fingerprint density at radius 1 is 1.50 bits per heavy atom. The van der Waals surface area contributed by atoms with Gasteiger partial charge in [-0.25, -0.2) is 0 Å². The van der Waals surface area contributed by atoms with Crippen LogP contribution in [0.4, 0.5) is 0 Å². The van der Waals surface area contributed by atoms with Gasteiger partial charge in [-0.15, -0.1) is 0 Å². The van der Waals surface area contributed by atoms with Crippen molar-refractivity contribution in [2.75, 3.05) is 26.2 Å². The number of aliphatic hydroxyl groups excluding tert-OH is 2. The Bertz CT molecular complexity index is 238. The third-order valence-corrected chi connectivity index (χ3v) is 4.25. The third-order valence-electron chi connectivity index (χ3n) is 4.25. The van der Waals surface area contributed by atoms with Crippen molar-refractivity contribution in [2.45, 2.75) is 57.6 Å². The molecule has 0 aliphatic heterocycles. The van der Waals surface area contributed by atoms with E-state index in [-0.39, 0.29) is 12.1 Å². The maximum atomic E-state index is 9.73. The van der Waals surface area contributed by atoms with Crippen molar-refractivity contribution < 1.29 is 10.2 Å². The second kappa shape index (κ2) is 7.43. The molecule has 0 radical (unpaired) electrons. The van der Waals surface area contributed by atoms with E-state index in [9.17, 15) is 5.11 Å². The topological polar surface area (TPSA) is 69.7 Å². The van der Waals surface area contributed by atoms with Gasteiger partial charge in [0, 0.05) is 18.6 Å². The van der Waals surface area contributed by atoms with Crippen LogP contribution in [0.1, 0.15) is 46.0 Å². The predicted molar refractivity (Wildman–Crippen MR) is 74.4 cm³/mol. The monoisotopic (exact) mass is 258 g/mol. The van der Waals surface area contributed by atoms with Crippen molar-refractivity contribution in [2.24, 2.45) is 11.7 Å². The molecule has 18 heavy (non-hydrogen) atoms. The minimum Gasteiger partial charge on any atom is -0.394 e. The van der Waals surface area contributed by atoms with Gasteiger partial charge in [0.2, 0.25) is 0 Å². The number of rotatable bonds is 7. The second-order valence-electron chi connectivity index (χ2n) is 5.91. The first kappa shape index (κ1) is 15.9. The number of β-amino-alcohol motifs (C(OH)–C–C–N with tert-alkyl or cyclic N) is 1. The third kappa shape index (κ3) is 3.92. The molecule has 1 saturated carbocycles. The molecular formula is C14H30N2O2. The van der Waals surface area contributed by atoms with Crippen LogP contribution in [0.3, 0.4) is 0 Å². The zero-order chi connectivity index (χ0) is 13.6. The molecule has 3 unspecified atom stereocenters. The van der Waals surface area contributed by atoms with Crippen LogP contribution in [0.5, 0.6) is 0 Å². The van der Waals surface area contributed by atoms with Crippen LogP contribution in [0.2, 0.25) is 0 Å². The van der Waals surface area contributed by atoms with Crippen molar-refractivity contribution in [3.05, 3.63) is 0 Å². The molecule has 0 amide bonds. The van der Waals surface area contributed by atoms with Gasteiger partial charge >= 0.3 is 0 Å². The molecule has 108 valence electrons. The van der Waals surface area contributed by atoms with Crippen molar-refractivity contribution in [3.8, 4) is 0 Å². The molecule has 4 N–H and O–H groups in total. The molecule has 3 atom stereocenters. The van der Waals surface area contributed by atoms with E-state index in [1.54, 1.807) is 0 Å². The second-order valence-corrected chi connectivity index (χ2v) is 5.91. The van der Waals surface area contributed by atoms with Crippen LogP contribution >= 0.6 is 0 Å². The lowest BCUT2D eigenvalue weighted by Crippen LogP contribution is -2.58. The zero-order valence-corrected chi connectivity index (χ0v) is 11.9. The lowest BCUT2D eigenvalue weighted by atomic mass is 9.75. The summed E-state index contributed by atoms with van der Waals surface area (Å²) in [6.45, 7) is 6.39.